The van der Waals surface area contributed by atoms with Crippen LogP contribution >= 0.6 is 31.9 Å². The van der Waals surface area contributed by atoms with Crippen molar-refractivity contribution in [1.29, 1.82) is 0 Å². The quantitative estimate of drug-likeness (QED) is 0.673. The molecule has 1 nitrogen and oxygen atoms in total. The summed E-state index contributed by atoms with van der Waals surface area (Å²) in [7, 11) is 0. The molecule has 2 fully saturated rings. The van der Waals surface area contributed by atoms with Crippen LogP contribution in [-0.4, -0.2) is 6.04 Å². The maximum Gasteiger partial charge on any atom is 0.0631 e. The van der Waals surface area contributed by atoms with Gasteiger partial charge in [-0.05, 0) is 80.0 Å². The zero-order valence-electron chi connectivity index (χ0n) is 11.8. The number of anilines is 1. The van der Waals surface area contributed by atoms with Gasteiger partial charge in [-0.15, -0.1) is 0 Å². The summed E-state index contributed by atoms with van der Waals surface area (Å²) in [5, 5.41) is 3.85. The molecule has 0 aliphatic heterocycles. The van der Waals surface area contributed by atoms with Crippen molar-refractivity contribution in [3.8, 4) is 0 Å². The first-order valence-corrected chi connectivity index (χ1v) is 8.64. The van der Waals surface area contributed by atoms with Gasteiger partial charge in [0.15, 0.2) is 0 Å². The second-order valence-corrected chi connectivity index (χ2v) is 8.80. The van der Waals surface area contributed by atoms with E-state index in [0.29, 0.717) is 16.9 Å². The molecule has 0 amide bonds. The number of rotatable bonds is 2. The van der Waals surface area contributed by atoms with Gasteiger partial charge in [-0.3, -0.25) is 0 Å². The SMILES string of the molecule is CC12CCC(C1)C(C)(C)C2Nc1c(Br)cccc1Br. The first-order chi connectivity index (χ1) is 8.84. The molecule has 1 N–H and O–H groups in total. The average Bonchev–Trinajstić information content (AvgIpc) is 2.78. The van der Waals surface area contributed by atoms with E-state index < -0.39 is 0 Å². The predicted molar refractivity (Wildman–Crippen MR) is 88.5 cm³/mol. The Labute approximate surface area is 132 Å². The summed E-state index contributed by atoms with van der Waals surface area (Å²) in [6, 6.07) is 6.83. The number of hydrogen-bond acceptors (Lipinski definition) is 1. The Morgan fingerprint density at radius 3 is 2.32 bits per heavy atom. The van der Waals surface area contributed by atoms with Crippen LogP contribution < -0.4 is 5.32 Å². The number of fused-ring (bicyclic) bond motifs is 2. The molecule has 2 aliphatic carbocycles. The number of hydrogen-bond donors (Lipinski definition) is 1. The van der Waals surface area contributed by atoms with Crippen molar-refractivity contribution in [1.82, 2.24) is 0 Å². The fourth-order valence-electron chi connectivity index (χ4n) is 4.44. The molecule has 0 radical (unpaired) electrons. The molecule has 0 saturated heterocycles. The van der Waals surface area contributed by atoms with Crippen molar-refractivity contribution < 1.29 is 0 Å². The Morgan fingerprint density at radius 1 is 1.16 bits per heavy atom. The van der Waals surface area contributed by atoms with Crippen molar-refractivity contribution in [3.63, 3.8) is 0 Å². The summed E-state index contributed by atoms with van der Waals surface area (Å²) in [5.41, 5.74) is 2.03. The lowest BCUT2D eigenvalue weighted by molar-refractivity contribution is 0.155. The third kappa shape index (κ3) is 2.08. The molecule has 0 aromatic heterocycles. The Hall–Kier alpha value is -0.0200. The van der Waals surface area contributed by atoms with E-state index in [4.69, 9.17) is 0 Å². The number of benzene rings is 1. The normalized spacial score (nSPS) is 35.6. The van der Waals surface area contributed by atoms with Gasteiger partial charge < -0.3 is 5.32 Å². The highest BCUT2D eigenvalue weighted by molar-refractivity contribution is 9.11. The smallest absolute Gasteiger partial charge is 0.0631 e. The van der Waals surface area contributed by atoms with Gasteiger partial charge in [0.05, 0.1) is 5.69 Å². The van der Waals surface area contributed by atoms with Gasteiger partial charge in [-0.25, -0.2) is 0 Å². The highest BCUT2D eigenvalue weighted by atomic mass is 79.9. The standard InChI is InChI=1S/C16H21Br2N/c1-15(2)10-7-8-16(3,9-10)14(15)19-13-11(17)5-4-6-12(13)18/h4-6,10,14,19H,7-9H2,1-3H3. The van der Waals surface area contributed by atoms with E-state index in [-0.39, 0.29) is 0 Å². The van der Waals surface area contributed by atoms with Gasteiger partial charge in [0.25, 0.3) is 0 Å². The van der Waals surface area contributed by atoms with Crippen LogP contribution in [0.2, 0.25) is 0 Å². The van der Waals surface area contributed by atoms with Crippen molar-refractivity contribution in [2.45, 2.75) is 46.1 Å². The molecule has 19 heavy (non-hydrogen) atoms. The largest absolute Gasteiger partial charge is 0.379 e. The first kappa shape index (κ1) is 13.9. The first-order valence-electron chi connectivity index (χ1n) is 7.05. The van der Waals surface area contributed by atoms with Gasteiger partial charge in [0.1, 0.15) is 0 Å². The number of para-hydroxylation sites is 1. The third-order valence-electron chi connectivity index (χ3n) is 5.52. The molecule has 3 unspecified atom stereocenters. The van der Waals surface area contributed by atoms with Crippen LogP contribution in [0.3, 0.4) is 0 Å². The van der Waals surface area contributed by atoms with Gasteiger partial charge >= 0.3 is 0 Å². The molecule has 104 valence electrons. The van der Waals surface area contributed by atoms with E-state index >= 15 is 0 Å². The van der Waals surface area contributed by atoms with E-state index in [0.717, 1.165) is 14.9 Å². The summed E-state index contributed by atoms with van der Waals surface area (Å²) < 4.78 is 2.29. The summed E-state index contributed by atoms with van der Waals surface area (Å²) in [6.45, 7) is 7.33. The van der Waals surface area contributed by atoms with E-state index in [1.165, 1.54) is 24.9 Å². The molecule has 2 bridgehead atoms. The van der Waals surface area contributed by atoms with Gasteiger partial charge in [0.2, 0.25) is 0 Å². The van der Waals surface area contributed by atoms with Crippen LogP contribution in [0, 0.1) is 16.7 Å². The van der Waals surface area contributed by atoms with E-state index in [1.54, 1.807) is 0 Å². The molecule has 2 aliphatic rings. The maximum absolute atomic E-state index is 3.85. The second kappa shape index (κ2) is 4.49. The molecule has 1 aromatic carbocycles. The van der Waals surface area contributed by atoms with Crippen LogP contribution in [0.1, 0.15) is 40.0 Å². The molecule has 1 aromatic rings. The van der Waals surface area contributed by atoms with Crippen molar-refractivity contribution >= 4 is 37.5 Å². The lowest BCUT2D eigenvalue weighted by atomic mass is 9.68. The molecule has 0 spiro atoms. The van der Waals surface area contributed by atoms with Crippen LogP contribution in [-0.2, 0) is 0 Å². The summed E-state index contributed by atoms with van der Waals surface area (Å²) in [4.78, 5) is 0. The minimum Gasteiger partial charge on any atom is -0.379 e. The fourth-order valence-corrected chi connectivity index (χ4v) is 5.67. The van der Waals surface area contributed by atoms with Crippen LogP contribution in [0.15, 0.2) is 27.1 Å². The van der Waals surface area contributed by atoms with E-state index in [2.05, 4.69) is 76.1 Å². The molecule has 2 saturated carbocycles. The summed E-state index contributed by atoms with van der Waals surface area (Å²) >= 11 is 7.34. The van der Waals surface area contributed by atoms with Crippen molar-refractivity contribution in [2.75, 3.05) is 5.32 Å². The molecular formula is C16H21Br2N. The van der Waals surface area contributed by atoms with Gasteiger partial charge in [-0.2, -0.15) is 0 Å². The van der Waals surface area contributed by atoms with Gasteiger partial charge in [-0.1, -0.05) is 26.8 Å². The Kier molecular flexibility index (Phi) is 3.29. The Balaban J connectivity index is 1.95. The number of nitrogens with one attached hydrogen (secondary N) is 1. The average molecular weight is 387 g/mol. The van der Waals surface area contributed by atoms with Crippen molar-refractivity contribution in [2.24, 2.45) is 16.7 Å². The Morgan fingerprint density at radius 2 is 1.79 bits per heavy atom. The van der Waals surface area contributed by atoms with Crippen LogP contribution in [0.5, 0.6) is 0 Å². The summed E-state index contributed by atoms with van der Waals surface area (Å²) in [6.07, 6.45) is 4.14. The topological polar surface area (TPSA) is 12.0 Å². The highest BCUT2D eigenvalue weighted by Crippen LogP contribution is 2.63. The highest BCUT2D eigenvalue weighted by Gasteiger charge is 2.59. The van der Waals surface area contributed by atoms with E-state index in [9.17, 15) is 0 Å². The third-order valence-corrected chi connectivity index (χ3v) is 6.84. The van der Waals surface area contributed by atoms with Crippen LogP contribution in [0.25, 0.3) is 0 Å². The predicted octanol–water partition coefficient (Wildman–Crippen LogP) is 5.84. The van der Waals surface area contributed by atoms with Gasteiger partial charge in [0, 0.05) is 15.0 Å². The molecule has 3 rings (SSSR count). The van der Waals surface area contributed by atoms with Crippen molar-refractivity contribution in [3.05, 3.63) is 27.1 Å². The second-order valence-electron chi connectivity index (χ2n) is 7.09. The minimum absolute atomic E-state index is 0.377. The fraction of sp³-hybridized carbons (Fsp3) is 0.625. The number of halogens is 2. The molecule has 0 heterocycles. The van der Waals surface area contributed by atoms with Crippen LogP contribution in [0.4, 0.5) is 5.69 Å². The minimum atomic E-state index is 0.377. The Bertz CT molecular complexity index is 486. The lowest BCUT2D eigenvalue weighted by Gasteiger charge is -2.44. The summed E-state index contributed by atoms with van der Waals surface area (Å²) in [5.74, 6) is 0.872. The molecular weight excluding hydrogens is 366 g/mol. The lowest BCUT2D eigenvalue weighted by Crippen LogP contribution is -2.45. The zero-order valence-corrected chi connectivity index (χ0v) is 14.9. The monoisotopic (exact) mass is 385 g/mol. The maximum atomic E-state index is 3.85. The zero-order chi connectivity index (χ0) is 13.8. The molecule has 3 heteroatoms. The molecule has 3 atom stereocenters. The van der Waals surface area contributed by atoms with E-state index in [1.807, 2.05) is 0 Å².